The molecule has 0 rings (SSSR count). The Kier molecular flexibility index (Phi) is 9.42. The Bertz CT molecular complexity index is 115. The molecule has 0 aliphatic heterocycles. The fourth-order valence-corrected chi connectivity index (χ4v) is 1.68. The van der Waals surface area contributed by atoms with E-state index in [0.29, 0.717) is 6.04 Å². The number of ether oxygens (including phenoxy) is 1. The van der Waals surface area contributed by atoms with Crippen molar-refractivity contribution in [2.45, 2.75) is 52.5 Å². The minimum atomic E-state index is 0.608. The molecule has 0 aliphatic carbocycles. The first-order chi connectivity index (χ1) is 6.70. The quantitative estimate of drug-likeness (QED) is 0.579. The predicted octanol–water partition coefficient (Wildman–Crippen LogP) is 2.83. The van der Waals surface area contributed by atoms with Gasteiger partial charge in [-0.1, -0.05) is 27.2 Å². The van der Waals surface area contributed by atoms with Gasteiger partial charge in [-0.2, -0.15) is 0 Å². The molecule has 2 heteroatoms. The maximum atomic E-state index is 5.08. The third-order valence-electron chi connectivity index (χ3n) is 2.47. The molecule has 0 saturated heterocycles. The first-order valence-electron chi connectivity index (χ1n) is 5.93. The lowest BCUT2D eigenvalue weighted by Crippen LogP contribution is -2.29. The first-order valence-corrected chi connectivity index (χ1v) is 5.93. The zero-order chi connectivity index (χ0) is 10.8. The molecule has 0 heterocycles. The Balaban J connectivity index is 3.54. The molecule has 86 valence electrons. The molecule has 1 unspecified atom stereocenters. The van der Waals surface area contributed by atoms with E-state index in [0.717, 1.165) is 19.1 Å². The molecule has 14 heavy (non-hydrogen) atoms. The molecular weight excluding hydrogens is 174 g/mol. The van der Waals surface area contributed by atoms with Gasteiger partial charge in [-0.05, 0) is 31.7 Å². The largest absolute Gasteiger partial charge is 0.385 e. The summed E-state index contributed by atoms with van der Waals surface area (Å²) in [6.07, 6.45) is 5.11. The van der Waals surface area contributed by atoms with Crippen molar-refractivity contribution in [2.24, 2.45) is 5.92 Å². The third kappa shape index (κ3) is 8.52. The van der Waals surface area contributed by atoms with Crippen LogP contribution in [0.2, 0.25) is 0 Å². The van der Waals surface area contributed by atoms with Crippen LogP contribution in [0.1, 0.15) is 46.5 Å². The Morgan fingerprint density at radius 2 is 1.93 bits per heavy atom. The Labute approximate surface area is 89.4 Å². The van der Waals surface area contributed by atoms with Gasteiger partial charge >= 0.3 is 0 Å². The van der Waals surface area contributed by atoms with Gasteiger partial charge in [0.05, 0.1) is 0 Å². The molecule has 0 spiro atoms. The van der Waals surface area contributed by atoms with Gasteiger partial charge in [0.1, 0.15) is 0 Å². The fraction of sp³-hybridized carbons (Fsp3) is 1.00. The summed E-state index contributed by atoms with van der Waals surface area (Å²) in [5.74, 6) is 0.831. The molecule has 0 fully saturated rings. The summed E-state index contributed by atoms with van der Waals surface area (Å²) in [4.78, 5) is 0. The number of methoxy groups -OCH3 is 1. The van der Waals surface area contributed by atoms with Gasteiger partial charge in [0, 0.05) is 19.8 Å². The average molecular weight is 201 g/mol. The number of rotatable bonds is 9. The van der Waals surface area contributed by atoms with Crippen LogP contribution in [0.15, 0.2) is 0 Å². The highest BCUT2D eigenvalue weighted by Gasteiger charge is 2.07. The van der Waals surface area contributed by atoms with E-state index in [4.69, 9.17) is 4.74 Å². The van der Waals surface area contributed by atoms with Crippen molar-refractivity contribution in [1.82, 2.24) is 5.32 Å². The van der Waals surface area contributed by atoms with Crippen molar-refractivity contribution < 1.29 is 4.74 Å². The standard InChI is InChI=1S/C12H27NO/c1-5-7-12(8-6-9-14-4)10-13-11(2)3/h11-13H,5-10H2,1-4H3. The second-order valence-corrected chi connectivity index (χ2v) is 4.35. The molecule has 0 aromatic rings. The molecule has 2 nitrogen and oxygen atoms in total. The maximum absolute atomic E-state index is 5.08. The molecule has 0 aromatic carbocycles. The van der Waals surface area contributed by atoms with Crippen molar-refractivity contribution in [2.75, 3.05) is 20.3 Å². The van der Waals surface area contributed by atoms with Crippen LogP contribution in [0.4, 0.5) is 0 Å². The molecule has 1 N–H and O–H groups in total. The second-order valence-electron chi connectivity index (χ2n) is 4.35. The highest BCUT2D eigenvalue weighted by atomic mass is 16.5. The second kappa shape index (κ2) is 9.47. The highest BCUT2D eigenvalue weighted by Crippen LogP contribution is 2.12. The van der Waals surface area contributed by atoms with Crippen LogP contribution in [0.5, 0.6) is 0 Å². The van der Waals surface area contributed by atoms with E-state index in [1.54, 1.807) is 7.11 Å². The van der Waals surface area contributed by atoms with Gasteiger partial charge < -0.3 is 10.1 Å². The fourth-order valence-electron chi connectivity index (χ4n) is 1.68. The van der Waals surface area contributed by atoms with Gasteiger partial charge in [0.15, 0.2) is 0 Å². The maximum Gasteiger partial charge on any atom is 0.0462 e. The minimum absolute atomic E-state index is 0.608. The molecule has 0 amide bonds. The van der Waals surface area contributed by atoms with E-state index >= 15 is 0 Å². The molecular formula is C12H27NO. The van der Waals surface area contributed by atoms with E-state index in [-0.39, 0.29) is 0 Å². The molecule has 0 bridgehead atoms. The summed E-state index contributed by atoms with van der Waals surface area (Å²) in [6, 6.07) is 0.608. The number of hydrogen-bond donors (Lipinski definition) is 1. The van der Waals surface area contributed by atoms with Crippen LogP contribution in [0.3, 0.4) is 0 Å². The summed E-state index contributed by atoms with van der Waals surface area (Å²) in [5.41, 5.74) is 0. The summed E-state index contributed by atoms with van der Waals surface area (Å²) >= 11 is 0. The molecule has 1 atom stereocenters. The third-order valence-corrected chi connectivity index (χ3v) is 2.47. The van der Waals surface area contributed by atoms with E-state index in [9.17, 15) is 0 Å². The Morgan fingerprint density at radius 3 is 2.43 bits per heavy atom. The summed E-state index contributed by atoms with van der Waals surface area (Å²) < 4.78 is 5.08. The predicted molar refractivity (Wildman–Crippen MR) is 62.6 cm³/mol. The molecule has 0 aliphatic rings. The summed E-state index contributed by atoms with van der Waals surface area (Å²) in [5, 5.41) is 3.52. The van der Waals surface area contributed by atoms with Crippen LogP contribution < -0.4 is 5.32 Å². The average Bonchev–Trinajstić information content (AvgIpc) is 2.14. The summed E-state index contributed by atoms with van der Waals surface area (Å²) in [6.45, 7) is 8.74. The van der Waals surface area contributed by atoms with E-state index in [1.807, 2.05) is 0 Å². The zero-order valence-electron chi connectivity index (χ0n) is 10.3. The Morgan fingerprint density at radius 1 is 1.21 bits per heavy atom. The first kappa shape index (κ1) is 13.9. The molecule has 0 radical (unpaired) electrons. The van der Waals surface area contributed by atoms with E-state index in [2.05, 4.69) is 26.1 Å². The van der Waals surface area contributed by atoms with Gasteiger partial charge in [0.25, 0.3) is 0 Å². The topological polar surface area (TPSA) is 21.3 Å². The SMILES string of the molecule is CCCC(CCCOC)CNC(C)C. The monoisotopic (exact) mass is 201 g/mol. The van der Waals surface area contributed by atoms with E-state index in [1.165, 1.54) is 25.7 Å². The van der Waals surface area contributed by atoms with Gasteiger partial charge in [-0.3, -0.25) is 0 Å². The van der Waals surface area contributed by atoms with Crippen molar-refractivity contribution in [3.8, 4) is 0 Å². The van der Waals surface area contributed by atoms with E-state index < -0.39 is 0 Å². The lowest BCUT2D eigenvalue weighted by atomic mass is 9.98. The highest BCUT2D eigenvalue weighted by molar-refractivity contribution is 4.64. The van der Waals surface area contributed by atoms with Crippen LogP contribution in [-0.4, -0.2) is 26.3 Å². The lowest BCUT2D eigenvalue weighted by molar-refractivity contribution is 0.185. The van der Waals surface area contributed by atoms with Crippen molar-refractivity contribution in [3.63, 3.8) is 0 Å². The van der Waals surface area contributed by atoms with Gasteiger partial charge in [-0.15, -0.1) is 0 Å². The Hall–Kier alpha value is -0.0800. The van der Waals surface area contributed by atoms with Crippen LogP contribution >= 0.6 is 0 Å². The smallest absolute Gasteiger partial charge is 0.0462 e. The van der Waals surface area contributed by atoms with Crippen molar-refractivity contribution in [3.05, 3.63) is 0 Å². The van der Waals surface area contributed by atoms with Crippen molar-refractivity contribution >= 4 is 0 Å². The molecule has 0 aromatic heterocycles. The molecule has 0 saturated carbocycles. The van der Waals surface area contributed by atoms with Crippen LogP contribution in [0, 0.1) is 5.92 Å². The normalized spacial score (nSPS) is 13.5. The van der Waals surface area contributed by atoms with Gasteiger partial charge in [-0.25, -0.2) is 0 Å². The van der Waals surface area contributed by atoms with Crippen LogP contribution in [0.25, 0.3) is 0 Å². The zero-order valence-corrected chi connectivity index (χ0v) is 10.3. The number of nitrogens with one attached hydrogen (secondary N) is 1. The van der Waals surface area contributed by atoms with Crippen molar-refractivity contribution in [1.29, 1.82) is 0 Å². The van der Waals surface area contributed by atoms with Crippen LogP contribution in [-0.2, 0) is 4.74 Å². The number of hydrogen-bond acceptors (Lipinski definition) is 2. The summed E-state index contributed by atoms with van der Waals surface area (Å²) in [7, 11) is 1.78. The van der Waals surface area contributed by atoms with Gasteiger partial charge in [0.2, 0.25) is 0 Å². The minimum Gasteiger partial charge on any atom is -0.385 e. The lowest BCUT2D eigenvalue weighted by Gasteiger charge is -2.18.